The van der Waals surface area contributed by atoms with Crippen molar-refractivity contribution in [2.75, 3.05) is 12.0 Å². The molecule has 2 amide bonds. The number of benzene rings is 1. The van der Waals surface area contributed by atoms with Gasteiger partial charge >= 0.3 is 0 Å². The second-order valence-corrected chi connectivity index (χ2v) is 5.54. The van der Waals surface area contributed by atoms with Crippen molar-refractivity contribution >= 4 is 29.1 Å². The second-order valence-electron chi connectivity index (χ2n) is 5.11. The summed E-state index contributed by atoms with van der Waals surface area (Å²) >= 11 is 5.90. The fourth-order valence-corrected chi connectivity index (χ4v) is 2.98. The summed E-state index contributed by atoms with van der Waals surface area (Å²) in [4.78, 5) is 25.8. The molecule has 0 spiro atoms. The van der Waals surface area contributed by atoms with Crippen molar-refractivity contribution < 1.29 is 9.59 Å². The molecule has 1 heterocycles. The van der Waals surface area contributed by atoms with Crippen LogP contribution in [0.4, 0.5) is 5.69 Å². The normalized spacial score (nSPS) is 24.9. The van der Waals surface area contributed by atoms with Gasteiger partial charge in [0.1, 0.15) is 0 Å². The molecule has 0 unspecified atom stereocenters. The quantitative estimate of drug-likeness (QED) is 0.688. The van der Waals surface area contributed by atoms with Gasteiger partial charge in [0, 0.05) is 10.7 Å². The molecule has 0 saturated carbocycles. The van der Waals surface area contributed by atoms with Crippen molar-refractivity contribution in [3.05, 3.63) is 41.4 Å². The van der Waals surface area contributed by atoms with E-state index in [1.807, 2.05) is 24.3 Å². The van der Waals surface area contributed by atoms with Gasteiger partial charge in [-0.05, 0) is 31.0 Å². The average Bonchev–Trinajstić information content (AvgIpc) is 2.70. The van der Waals surface area contributed by atoms with Crippen molar-refractivity contribution in [1.29, 1.82) is 0 Å². The lowest BCUT2D eigenvalue weighted by Gasteiger charge is -2.16. The number of hydrogen-bond acceptors (Lipinski definition) is 3. The minimum atomic E-state index is -0.173. The third-order valence-corrected chi connectivity index (χ3v) is 4.10. The van der Waals surface area contributed by atoms with Crippen LogP contribution < -0.4 is 5.32 Å². The number of imide groups is 1. The summed E-state index contributed by atoms with van der Waals surface area (Å²) in [6.07, 6.45) is 5.31. The van der Waals surface area contributed by atoms with Gasteiger partial charge in [0.05, 0.1) is 18.5 Å². The van der Waals surface area contributed by atoms with Gasteiger partial charge in [-0.1, -0.05) is 29.8 Å². The molecule has 1 aromatic rings. The Balaban J connectivity index is 1.69. The molecule has 1 aliphatic heterocycles. The monoisotopic (exact) mass is 290 g/mol. The minimum Gasteiger partial charge on any atom is -0.367 e. The van der Waals surface area contributed by atoms with E-state index in [0.717, 1.165) is 5.69 Å². The highest BCUT2D eigenvalue weighted by Gasteiger charge is 2.46. The summed E-state index contributed by atoms with van der Waals surface area (Å²) < 4.78 is 0. The van der Waals surface area contributed by atoms with E-state index in [1.165, 1.54) is 4.90 Å². The number of halogens is 1. The summed E-state index contributed by atoms with van der Waals surface area (Å²) in [5.74, 6) is -0.486. The lowest BCUT2D eigenvalue weighted by atomic mass is 9.85. The van der Waals surface area contributed by atoms with Crippen molar-refractivity contribution in [2.24, 2.45) is 11.8 Å². The van der Waals surface area contributed by atoms with E-state index in [1.54, 1.807) is 12.1 Å². The molecule has 1 aliphatic carbocycles. The fraction of sp³-hybridized carbons (Fsp3) is 0.333. The zero-order valence-corrected chi connectivity index (χ0v) is 11.6. The summed E-state index contributed by atoms with van der Waals surface area (Å²) in [6.45, 7) is 0.199. The van der Waals surface area contributed by atoms with E-state index in [2.05, 4.69) is 5.32 Å². The maximum atomic E-state index is 12.2. The van der Waals surface area contributed by atoms with E-state index in [4.69, 9.17) is 11.6 Å². The van der Waals surface area contributed by atoms with Gasteiger partial charge in [0.15, 0.2) is 0 Å². The first-order chi connectivity index (χ1) is 9.66. The molecule has 1 aromatic carbocycles. The lowest BCUT2D eigenvalue weighted by Crippen LogP contribution is -2.35. The Morgan fingerprint density at radius 1 is 1.15 bits per heavy atom. The number of amides is 2. The number of carbonyl (C=O) groups is 2. The van der Waals surface area contributed by atoms with Gasteiger partial charge in [-0.15, -0.1) is 0 Å². The van der Waals surface area contributed by atoms with Crippen LogP contribution >= 0.6 is 11.6 Å². The number of allylic oxidation sites excluding steroid dienone is 2. The van der Waals surface area contributed by atoms with Crippen molar-refractivity contribution in [1.82, 2.24) is 4.90 Å². The summed E-state index contributed by atoms with van der Waals surface area (Å²) in [5, 5.41) is 3.69. The molecular formula is C15H15ClN2O2. The first-order valence-corrected chi connectivity index (χ1v) is 7.04. The number of hydrogen-bond donors (Lipinski definition) is 1. The number of anilines is 1. The number of carbonyl (C=O) groups excluding carboxylic acids is 2. The highest BCUT2D eigenvalue weighted by atomic mass is 35.5. The zero-order chi connectivity index (χ0) is 14.1. The largest absolute Gasteiger partial charge is 0.367 e. The summed E-state index contributed by atoms with van der Waals surface area (Å²) in [7, 11) is 0. The molecule has 3 rings (SSSR count). The van der Waals surface area contributed by atoms with Crippen LogP contribution in [0.5, 0.6) is 0 Å². The third kappa shape index (κ3) is 2.31. The SMILES string of the molecule is O=C1[C@H]2CC=CC[C@@H]2C(=O)N1CNc1cccc(Cl)c1. The standard InChI is InChI=1S/C15H15ClN2O2/c16-10-4-3-5-11(8-10)17-9-18-14(19)12-6-1-2-7-13(12)15(18)20/h1-5,8,12-13,17H,6-7,9H2/t12-,13-/m0/s1. The second kappa shape index (κ2) is 5.29. The molecule has 1 fully saturated rings. The first-order valence-electron chi connectivity index (χ1n) is 6.66. The highest BCUT2D eigenvalue weighted by molar-refractivity contribution is 6.30. The topological polar surface area (TPSA) is 49.4 Å². The minimum absolute atomic E-state index is 0.0705. The van der Waals surface area contributed by atoms with Crippen molar-refractivity contribution in [2.45, 2.75) is 12.8 Å². The molecule has 1 N–H and O–H groups in total. The number of nitrogens with zero attached hydrogens (tertiary/aromatic N) is 1. The van der Waals surface area contributed by atoms with Crippen LogP contribution in [0.3, 0.4) is 0 Å². The van der Waals surface area contributed by atoms with Crippen LogP contribution in [-0.4, -0.2) is 23.4 Å². The number of rotatable bonds is 3. The van der Waals surface area contributed by atoms with Crippen molar-refractivity contribution in [3.8, 4) is 0 Å². The van der Waals surface area contributed by atoms with E-state index < -0.39 is 0 Å². The van der Waals surface area contributed by atoms with Crippen LogP contribution in [0.2, 0.25) is 5.02 Å². The van der Waals surface area contributed by atoms with Gasteiger partial charge in [-0.3, -0.25) is 14.5 Å². The summed E-state index contributed by atoms with van der Waals surface area (Å²) in [5.41, 5.74) is 0.797. The Morgan fingerprint density at radius 2 is 1.80 bits per heavy atom. The lowest BCUT2D eigenvalue weighted by molar-refractivity contribution is -0.139. The first kappa shape index (κ1) is 13.2. The van der Waals surface area contributed by atoms with Gasteiger partial charge in [0.2, 0.25) is 11.8 Å². The molecule has 0 bridgehead atoms. The maximum absolute atomic E-state index is 12.2. The van der Waals surface area contributed by atoms with Crippen LogP contribution in [0.15, 0.2) is 36.4 Å². The molecule has 1 saturated heterocycles. The Morgan fingerprint density at radius 3 is 2.40 bits per heavy atom. The van der Waals surface area contributed by atoms with Gasteiger partial charge in [-0.2, -0.15) is 0 Å². The molecule has 20 heavy (non-hydrogen) atoms. The Labute approximate surface area is 122 Å². The predicted octanol–water partition coefficient (Wildman–Crippen LogP) is 2.66. The van der Waals surface area contributed by atoms with Crippen LogP contribution in [-0.2, 0) is 9.59 Å². The van der Waals surface area contributed by atoms with E-state index in [-0.39, 0.29) is 30.3 Å². The van der Waals surface area contributed by atoms with Crippen LogP contribution in [0.25, 0.3) is 0 Å². The molecule has 0 radical (unpaired) electrons. The van der Waals surface area contributed by atoms with Crippen LogP contribution in [0, 0.1) is 11.8 Å². The number of fused-ring (bicyclic) bond motifs is 1. The number of likely N-dealkylation sites (tertiary alicyclic amines) is 1. The van der Waals surface area contributed by atoms with Crippen molar-refractivity contribution in [3.63, 3.8) is 0 Å². The molecule has 5 heteroatoms. The van der Waals surface area contributed by atoms with E-state index in [0.29, 0.717) is 17.9 Å². The Bertz CT molecular complexity index is 559. The van der Waals surface area contributed by atoms with Crippen LogP contribution in [0.1, 0.15) is 12.8 Å². The van der Waals surface area contributed by atoms with Gasteiger partial charge in [-0.25, -0.2) is 0 Å². The Kier molecular flexibility index (Phi) is 3.49. The smallest absolute Gasteiger partial charge is 0.234 e. The average molecular weight is 291 g/mol. The summed E-state index contributed by atoms with van der Waals surface area (Å²) in [6, 6.07) is 7.22. The highest BCUT2D eigenvalue weighted by Crippen LogP contribution is 2.34. The fourth-order valence-electron chi connectivity index (χ4n) is 2.79. The third-order valence-electron chi connectivity index (χ3n) is 3.86. The van der Waals surface area contributed by atoms with Gasteiger partial charge < -0.3 is 5.32 Å². The van der Waals surface area contributed by atoms with E-state index >= 15 is 0 Å². The molecule has 2 atom stereocenters. The molecular weight excluding hydrogens is 276 g/mol. The van der Waals surface area contributed by atoms with E-state index in [9.17, 15) is 9.59 Å². The molecule has 0 aromatic heterocycles. The molecule has 4 nitrogen and oxygen atoms in total. The Hall–Kier alpha value is -1.81. The zero-order valence-electron chi connectivity index (χ0n) is 10.9. The molecule has 104 valence electrons. The predicted molar refractivity (Wildman–Crippen MR) is 77.1 cm³/mol. The maximum Gasteiger partial charge on any atom is 0.234 e. The molecule has 2 aliphatic rings. The number of nitrogens with one attached hydrogen (secondary N) is 1. The van der Waals surface area contributed by atoms with Gasteiger partial charge in [0.25, 0.3) is 0 Å².